The van der Waals surface area contributed by atoms with Crippen molar-refractivity contribution in [1.82, 2.24) is 20.1 Å². The van der Waals surface area contributed by atoms with Crippen LogP contribution >= 0.6 is 22.9 Å². The Hall–Kier alpha value is -0.910. The van der Waals surface area contributed by atoms with Gasteiger partial charge in [0.15, 0.2) is 0 Å². The van der Waals surface area contributed by atoms with Gasteiger partial charge in [-0.3, -0.25) is 0 Å². The normalized spacial score (nSPS) is 18.9. The number of rotatable bonds is 3. The molecule has 18 heavy (non-hydrogen) atoms. The van der Waals surface area contributed by atoms with Crippen molar-refractivity contribution in [1.29, 1.82) is 0 Å². The van der Waals surface area contributed by atoms with Crippen LogP contribution in [-0.2, 0) is 19.5 Å². The van der Waals surface area contributed by atoms with Gasteiger partial charge in [-0.2, -0.15) is 0 Å². The minimum atomic E-state index is 0.494. The summed E-state index contributed by atoms with van der Waals surface area (Å²) in [6.07, 6.45) is 2.13. The molecule has 1 N–H and O–H groups in total. The first-order chi connectivity index (χ1) is 8.72. The second kappa shape index (κ2) is 4.99. The minimum absolute atomic E-state index is 0.494. The Bertz CT molecular complexity index is 548. The molecular formula is C12H15ClN4S. The van der Waals surface area contributed by atoms with Gasteiger partial charge < -0.3 is 9.88 Å². The van der Waals surface area contributed by atoms with Crippen molar-refractivity contribution in [3.63, 3.8) is 0 Å². The molecule has 0 radical (unpaired) electrons. The lowest BCUT2D eigenvalue weighted by molar-refractivity contribution is 0.376. The third-order valence-corrected chi connectivity index (χ3v) is 4.56. The number of nitrogens with one attached hydrogen (secondary N) is 1. The van der Waals surface area contributed by atoms with Crippen LogP contribution in [-0.4, -0.2) is 20.8 Å². The molecule has 0 saturated carbocycles. The molecule has 0 bridgehead atoms. The number of hydrogen-bond donors (Lipinski definition) is 1. The van der Waals surface area contributed by atoms with Crippen LogP contribution in [0.1, 0.15) is 22.9 Å². The van der Waals surface area contributed by atoms with E-state index in [2.05, 4.69) is 26.1 Å². The summed E-state index contributed by atoms with van der Waals surface area (Å²) in [5.74, 6) is 2.13. The number of hydrogen-bond acceptors (Lipinski definition) is 4. The maximum Gasteiger partial charge on any atom is 0.133 e. The van der Waals surface area contributed by atoms with Gasteiger partial charge in [-0.1, -0.05) is 11.6 Å². The summed E-state index contributed by atoms with van der Waals surface area (Å²) in [6.45, 7) is 3.86. The van der Waals surface area contributed by atoms with Crippen molar-refractivity contribution < 1.29 is 0 Å². The number of halogens is 1. The molecule has 1 aliphatic heterocycles. The number of aryl methyl sites for hydroxylation is 2. The summed E-state index contributed by atoms with van der Waals surface area (Å²) in [6, 6.07) is 4.53. The van der Waals surface area contributed by atoms with Gasteiger partial charge in [0, 0.05) is 30.4 Å². The quantitative estimate of drug-likeness (QED) is 0.940. The third kappa shape index (κ3) is 2.43. The highest BCUT2D eigenvalue weighted by atomic mass is 35.5. The van der Waals surface area contributed by atoms with Crippen molar-refractivity contribution in [2.24, 2.45) is 0 Å². The number of aromatic nitrogens is 3. The van der Waals surface area contributed by atoms with Crippen LogP contribution in [0.2, 0.25) is 4.34 Å². The van der Waals surface area contributed by atoms with E-state index in [1.807, 2.05) is 13.0 Å². The fourth-order valence-electron chi connectivity index (χ4n) is 2.32. The molecule has 0 saturated heterocycles. The Morgan fingerprint density at radius 1 is 1.50 bits per heavy atom. The molecule has 96 valence electrons. The van der Waals surface area contributed by atoms with Gasteiger partial charge in [-0.25, -0.2) is 0 Å². The average Bonchev–Trinajstić information content (AvgIpc) is 2.94. The zero-order valence-electron chi connectivity index (χ0n) is 10.2. The van der Waals surface area contributed by atoms with E-state index in [1.54, 1.807) is 11.3 Å². The smallest absolute Gasteiger partial charge is 0.133 e. The fraction of sp³-hybridized carbons (Fsp3) is 0.500. The molecule has 6 heteroatoms. The van der Waals surface area contributed by atoms with Gasteiger partial charge >= 0.3 is 0 Å². The van der Waals surface area contributed by atoms with Crippen LogP contribution in [0.5, 0.6) is 0 Å². The molecule has 4 nitrogen and oxygen atoms in total. The van der Waals surface area contributed by atoms with Crippen LogP contribution in [0.15, 0.2) is 12.1 Å². The Morgan fingerprint density at radius 3 is 3.17 bits per heavy atom. The third-order valence-electron chi connectivity index (χ3n) is 3.33. The molecule has 3 rings (SSSR count). The van der Waals surface area contributed by atoms with E-state index in [1.165, 1.54) is 4.88 Å². The second-order valence-electron chi connectivity index (χ2n) is 4.60. The highest BCUT2D eigenvalue weighted by Gasteiger charge is 2.20. The van der Waals surface area contributed by atoms with Crippen LogP contribution < -0.4 is 5.32 Å². The van der Waals surface area contributed by atoms with E-state index in [-0.39, 0.29) is 0 Å². The van der Waals surface area contributed by atoms with Gasteiger partial charge in [-0.15, -0.1) is 21.5 Å². The molecule has 2 aromatic heterocycles. The van der Waals surface area contributed by atoms with E-state index in [4.69, 9.17) is 11.6 Å². The van der Waals surface area contributed by atoms with Crippen molar-refractivity contribution >= 4 is 22.9 Å². The molecule has 0 amide bonds. The molecular weight excluding hydrogens is 268 g/mol. The Kier molecular flexibility index (Phi) is 3.37. The van der Waals surface area contributed by atoms with E-state index < -0.39 is 0 Å². The predicted octanol–water partition coefficient (Wildman–Crippen LogP) is 2.41. The van der Waals surface area contributed by atoms with E-state index in [0.29, 0.717) is 6.04 Å². The fourth-order valence-corrected chi connectivity index (χ4v) is 3.36. The number of nitrogens with zero attached hydrogens (tertiary/aromatic N) is 3. The van der Waals surface area contributed by atoms with Crippen LogP contribution in [0.25, 0.3) is 0 Å². The predicted molar refractivity (Wildman–Crippen MR) is 73.0 cm³/mol. The van der Waals surface area contributed by atoms with Crippen molar-refractivity contribution in [3.05, 3.63) is 33.0 Å². The van der Waals surface area contributed by atoms with Gasteiger partial charge in [0.25, 0.3) is 0 Å². The van der Waals surface area contributed by atoms with E-state index in [0.717, 1.165) is 41.9 Å². The summed E-state index contributed by atoms with van der Waals surface area (Å²) in [5.41, 5.74) is 0. The first-order valence-corrected chi connectivity index (χ1v) is 7.28. The summed E-state index contributed by atoms with van der Waals surface area (Å²) in [4.78, 5) is 1.28. The van der Waals surface area contributed by atoms with Crippen LogP contribution in [0, 0.1) is 6.92 Å². The lowest BCUT2D eigenvalue weighted by atomic mass is 10.1. The van der Waals surface area contributed by atoms with E-state index >= 15 is 0 Å². The zero-order chi connectivity index (χ0) is 12.5. The molecule has 2 aromatic rings. The number of thiophene rings is 1. The SMILES string of the molecule is Cc1nnc2n1C[C@H](NCc1ccc(Cl)s1)CC2. The largest absolute Gasteiger partial charge is 0.314 e. The molecule has 0 aromatic carbocycles. The lowest BCUT2D eigenvalue weighted by Crippen LogP contribution is -2.37. The molecule has 3 heterocycles. The summed E-state index contributed by atoms with van der Waals surface area (Å²) in [7, 11) is 0. The first-order valence-electron chi connectivity index (χ1n) is 6.08. The Balaban J connectivity index is 1.61. The molecule has 0 spiro atoms. The van der Waals surface area contributed by atoms with Gasteiger partial charge in [-0.05, 0) is 25.5 Å². The average molecular weight is 283 g/mol. The van der Waals surface area contributed by atoms with Crippen molar-refractivity contribution in [3.8, 4) is 0 Å². The van der Waals surface area contributed by atoms with Crippen LogP contribution in [0.3, 0.4) is 0 Å². The van der Waals surface area contributed by atoms with Crippen molar-refractivity contribution in [2.75, 3.05) is 0 Å². The Labute approximate surface area is 115 Å². The maximum atomic E-state index is 5.93. The summed E-state index contributed by atoms with van der Waals surface area (Å²) >= 11 is 7.56. The standard InChI is InChI=1S/C12H15ClN4S/c1-8-15-16-12-5-2-9(7-17(8)12)14-6-10-3-4-11(13)18-10/h3-4,9,14H,2,5-7H2,1H3/t9-/m1/s1. The zero-order valence-corrected chi connectivity index (χ0v) is 11.8. The van der Waals surface area contributed by atoms with E-state index in [9.17, 15) is 0 Å². The second-order valence-corrected chi connectivity index (χ2v) is 6.40. The van der Waals surface area contributed by atoms with Gasteiger partial charge in [0.1, 0.15) is 11.6 Å². The molecule has 0 unspecified atom stereocenters. The number of fused-ring (bicyclic) bond motifs is 1. The molecule has 0 fully saturated rings. The highest BCUT2D eigenvalue weighted by Crippen LogP contribution is 2.22. The molecule has 1 atom stereocenters. The first kappa shape index (κ1) is 12.1. The summed E-state index contributed by atoms with van der Waals surface area (Å²) in [5, 5.41) is 11.9. The molecule has 1 aliphatic rings. The van der Waals surface area contributed by atoms with Crippen molar-refractivity contribution in [2.45, 2.75) is 38.9 Å². The topological polar surface area (TPSA) is 42.7 Å². The lowest BCUT2D eigenvalue weighted by Gasteiger charge is -2.24. The van der Waals surface area contributed by atoms with Crippen LogP contribution in [0.4, 0.5) is 0 Å². The van der Waals surface area contributed by atoms with Gasteiger partial charge in [0.05, 0.1) is 4.34 Å². The Morgan fingerprint density at radius 2 is 2.39 bits per heavy atom. The highest BCUT2D eigenvalue weighted by molar-refractivity contribution is 7.16. The van der Waals surface area contributed by atoms with Gasteiger partial charge in [0.2, 0.25) is 0 Å². The monoisotopic (exact) mass is 282 g/mol. The minimum Gasteiger partial charge on any atom is -0.314 e. The summed E-state index contributed by atoms with van der Waals surface area (Å²) < 4.78 is 3.06. The maximum absolute atomic E-state index is 5.93. The molecule has 0 aliphatic carbocycles.